The molecule has 140 valence electrons. The molecule has 4 rings (SSSR count). The second-order valence-electron chi connectivity index (χ2n) is 7.14. The average Bonchev–Trinajstić information content (AvgIpc) is 2.81. The molecule has 1 atom stereocenters. The van der Waals surface area contributed by atoms with E-state index < -0.39 is 0 Å². The minimum Gasteiger partial charge on any atom is -0.361 e. The Morgan fingerprint density at radius 1 is 0.586 bits per heavy atom. The van der Waals surface area contributed by atoms with Crippen LogP contribution in [-0.2, 0) is 0 Å². The van der Waals surface area contributed by atoms with Crippen molar-refractivity contribution in [1.29, 1.82) is 0 Å². The van der Waals surface area contributed by atoms with Crippen LogP contribution in [0.2, 0.25) is 0 Å². The summed E-state index contributed by atoms with van der Waals surface area (Å²) < 4.78 is 0. The Labute approximate surface area is 171 Å². The normalized spacial score (nSPS) is 11.5. The third-order valence-electron chi connectivity index (χ3n) is 5.32. The highest BCUT2D eigenvalue weighted by molar-refractivity contribution is 6.01. The summed E-state index contributed by atoms with van der Waals surface area (Å²) in [5.74, 6) is -0.0209. The highest BCUT2D eigenvalue weighted by Crippen LogP contribution is 2.26. The van der Waals surface area contributed by atoms with Gasteiger partial charge in [-0.15, -0.1) is 0 Å². The molecule has 29 heavy (non-hydrogen) atoms. The summed E-state index contributed by atoms with van der Waals surface area (Å²) in [6.45, 7) is 2.07. The molecule has 0 aliphatic carbocycles. The molecule has 0 amide bonds. The number of rotatable bonds is 5. The van der Waals surface area contributed by atoms with E-state index in [-0.39, 0.29) is 5.92 Å². The lowest BCUT2D eigenvalue weighted by Gasteiger charge is -2.10. The van der Waals surface area contributed by atoms with Crippen molar-refractivity contribution in [3.8, 4) is 22.3 Å². The maximum absolute atomic E-state index is 9.72. The van der Waals surface area contributed by atoms with Crippen LogP contribution in [0.4, 0.5) is 0 Å². The summed E-state index contributed by atoms with van der Waals surface area (Å²) in [7, 11) is 0. The van der Waals surface area contributed by atoms with Crippen molar-refractivity contribution in [3.05, 3.63) is 126 Å². The van der Waals surface area contributed by atoms with Crippen molar-refractivity contribution in [2.24, 2.45) is 0 Å². The van der Waals surface area contributed by atoms with E-state index in [0.717, 1.165) is 16.7 Å². The van der Waals surface area contributed by atoms with Gasteiger partial charge in [0.05, 0.1) is 11.5 Å². The zero-order valence-electron chi connectivity index (χ0n) is 16.4. The summed E-state index contributed by atoms with van der Waals surface area (Å²) in [5, 5.41) is 0. The van der Waals surface area contributed by atoms with E-state index in [0.29, 0.717) is 5.71 Å². The van der Waals surface area contributed by atoms with Crippen LogP contribution in [-0.4, -0.2) is 10.5 Å². The third kappa shape index (κ3) is 4.08. The fourth-order valence-corrected chi connectivity index (χ4v) is 3.61. The van der Waals surface area contributed by atoms with Crippen molar-refractivity contribution in [1.82, 2.24) is 0 Å². The van der Waals surface area contributed by atoms with Gasteiger partial charge in [-0.05, 0) is 46.9 Å². The highest BCUT2D eigenvalue weighted by atomic mass is 14.9. The van der Waals surface area contributed by atoms with Crippen molar-refractivity contribution in [3.63, 3.8) is 0 Å². The summed E-state index contributed by atoms with van der Waals surface area (Å²) >= 11 is 0. The molecule has 0 bridgehead atoms. The van der Waals surface area contributed by atoms with Gasteiger partial charge in [-0.1, -0.05) is 97.1 Å². The standard InChI is InChI=1S/C27H22N2/c1-20(21-12-14-24(15-13-21)22-8-4-2-5-9-22)27(29-28)26-18-16-25(17-19-26)23-10-6-3-7-11-23/h2-20H,1H3. The van der Waals surface area contributed by atoms with E-state index in [1.54, 1.807) is 0 Å². The second-order valence-corrected chi connectivity index (χ2v) is 7.14. The topological polar surface area (TPSA) is 36.4 Å². The van der Waals surface area contributed by atoms with Gasteiger partial charge in [0.1, 0.15) is 0 Å². The van der Waals surface area contributed by atoms with E-state index in [1.165, 1.54) is 16.7 Å². The van der Waals surface area contributed by atoms with Gasteiger partial charge < -0.3 is 5.53 Å². The Morgan fingerprint density at radius 2 is 1.00 bits per heavy atom. The molecule has 2 nitrogen and oxygen atoms in total. The zero-order chi connectivity index (χ0) is 20.1. The molecule has 0 aliphatic heterocycles. The maximum atomic E-state index is 9.72. The van der Waals surface area contributed by atoms with E-state index in [2.05, 4.69) is 72.4 Å². The van der Waals surface area contributed by atoms with Gasteiger partial charge in [-0.3, -0.25) is 0 Å². The largest absolute Gasteiger partial charge is 0.361 e. The quantitative estimate of drug-likeness (QED) is 0.208. The number of benzene rings is 4. The van der Waals surface area contributed by atoms with E-state index in [1.807, 2.05) is 48.5 Å². The zero-order valence-corrected chi connectivity index (χ0v) is 16.4. The molecule has 0 N–H and O–H groups in total. The first-order valence-corrected chi connectivity index (χ1v) is 9.79. The summed E-state index contributed by atoms with van der Waals surface area (Å²) in [4.78, 5) is 3.63. The van der Waals surface area contributed by atoms with Crippen LogP contribution in [0.3, 0.4) is 0 Å². The average molecular weight is 374 g/mol. The third-order valence-corrected chi connectivity index (χ3v) is 5.32. The van der Waals surface area contributed by atoms with Crippen LogP contribution in [0.5, 0.6) is 0 Å². The van der Waals surface area contributed by atoms with Gasteiger partial charge in [0.2, 0.25) is 0 Å². The van der Waals surface area contributed by atoms with Gasteiger partial charge in [-0.2, -0.15) is 4.79 Å². The molecule has 4 aromatic carbocycles. The molecule has 0 fully saturated rings. The molecule has 1 unspecified atom stereocenters. The molecule has 0 aliphatic rings. The highest BCUT2D eigenvalue weighted by Gasteiger charge is 2.23. The number of hydrogen-bond acceptors (Lipinski definition) is 0. The summed E-state index contributed by atoms with van der Waals surface area (Å²) in [6, 6.07) is 37.2. The van der Waals surface area contributed by atoms with Gasteiger partial charge in [0, 0.05) is 0 Å². The molecule has 2 heteroatoms. The second kappa shape index (κ2) is 8.52. The van der Waals surface area contributed by atoms with E-state index in [9.17, 15) is 5.53 Å². The predicted octanol–water partition coefficient (Wildman–Crippen LogP) is 6.84. The maximum Gasteiger partial charge on any atom is 0.306 e. The Bertz CT molecular complexity index is 1120. The molecule has 0 spiro atoms. The first kappa shape index (κ1) is 18.6. The van der Waals surface area contributed by atoms with Crippen LogP contribution in [0.1, 0.15) is 24.0 Å². The molecule has 0 radical (unpaired) electrons. The van der Waals surface area contributed by atoms with Crippen LogP contribution in [0.25, 0.3) is 27.8 Å². The predicted molar refractivity (Wildman–Crippen MR) is 120 cm³/mol. The Balaban J connectivity index is 1.57. The van der Waals surface area contributed by atoms with Crippen LogP contribution in [0, 0.1) is 0 Å². The SMILES string of the molecule is CC(C(=[N+]=[N-])c1ccc(-c2ccccc2)cc1)c1ccc(-c2ccccc2)cc1. The molecule has 0 heterocycles. The fourth-order valence-electron chi connectivity index (χ4n) is 3.61. The lowest BCUT2D eigenvalue weighted by Crippen LogP contribution is -2.12. The van der Waals surface area contributed by atoms with E-state index >= 15 is 0 Å². The molecular formula is C27H22N2. The number of hydrogen-bond donors (Lipinski definition) is 0. The van der Waals surface area contributed by atoms with Gasteiger partial charge in [-0.25, -0.2) is 0 Å². The molecule has 0 saturated carbocycles. The van der Waals surface area contributed by atoms with Gasteiger partial charge in [0.25, 0.3) is 0 Å². The van der Waals surface area contributed by atoms with Crippen molar-refractivity contribution in [2.75, 3.05) is 0 Å². The lowest BCUT2D eigenvalue weighted by atomic mass is 9.90. The van der Waals surface area contributed by atoms with Crippen LogP contribution in [0.15, 0.2) is 109 Å². The Morgan fingerprint density at radius 3 is 1.45 bits per heavy atom. The molecule has 0 aromatic heterocycles. The van der Waals surface area contributed by atoms with Crippen LogP contribution >= 0.6 is 0 Å². The minimum atomic E-state index is -0.0209. The van der Waals surface area contributed by atoms with Crippen LogP contribution < -0.4 is 0 Å². The Kier molecular flexibility index (Phi) is 5.47. The monoisotopic (exact) mass is 374 g/mol. The lowest BCUT2D eigenvalue weighted by molar-refractivity contribution is -0.00817. The van der Waals surface area contributed by atoms with Crippen molar-refractivity contribution >= 4 is 5.71 Å². The first-order valence-electron chi connectivity index (χ1n) is 9.79. The summed E-state index contributed by atoms with van der Waals surface area (Å²) in [5.41, 5.74) is 17.1. The smallest absolute Gasteiger partial charge is 0.306 e. The van der Waals surface area contributed by atoms with Crippen molar-refractivity contribution in [2.45, 2.75) is 12.8 Å². The fraction of sp³-hybridized carbons (Fsp3) is 0.0741. The Hall–Kier alpha value is -3.74. The molecular weight excluding hydrogens is 352 g/mol. The number of nitrogens with zero attached hydrogens (tertiary/aromatic N) is 2. The summed E-state index contributed by atoms with van der Waals surface area (Å²) in [6.07, 6.45) is 0. The van der Waals surface area contributed by atoms with Gasteiger partial charge in [0.15, 0.2) is 0 Å². The first-order chi connectivity index (χ1) is 14.3. The minimum absolute atomic E-state index is 0.0209. The molecule has 4 aromatic rings. The van der Waals surface area contributed by atoms with Crippen molar-refractivity contribution < 1.29 is 4.79 Å². The van der Waals surface area contributed by atoms with E-state index in [4.69, 9.17) is 0 Å². The molecule has 0 saturated heterocycles. The van der Waals surface area contributed by atoms with Gasteiger partial charge >= 0.3 is 5.71 Å².